The van der Waals surface area contributed by atoms with Crippen molar-refractivity contribution in [2.45, 2.75) is 38.7 Å². The first-order valence-corrected chi connectivity index (χ1v) is 9.51. The standard InChI is InChI=1S/C16H21IO5/c1-9(18)21-7-15-4-11-2-10-3-16(11,15)12(5-15)14(10)20-6-13(19)22-8-17/h10-12,14H,2-8H2,1H3. The minimum atomic E-state index is -0.273. The summed E-state index contributed by atoms with van der Waals surface area (Å²) in [5.41, 5.74) is 0.550. The van der Waals surface area contributed by atoms with Crippen molar-refractivity contribution < 1.29 is 23.8 Å². The number of hydrogen-bond donors (Lipinski definition) is 0. The first kappa shape index (κ1) is 15.2. The van der Waals surface area contributed by atoms with Gasteiger partial charge in [-0.3, -0.25) is 4.79 Å². The van der Waals surface area contributed by atoms with Crippen LogP contribution >= 0.6 is 22.6 Å². The van der Waals surface area contributed by atoms with Gasteiger partial charge < -0.3 is 14.2 Å². The Morgan fingerprint density at radius 2 is 2.05 bits per heavy atom. The van der Waals surface area contributed by atoms with Crippen molar-refractivity contribution in [3.05, 3.63) is 0 Å². The van der Waals surface area contributed by atoms with Crippen molar-refractivity contribution in [3.8, 4) is 0 Å². The topological polar surface area (TPSA) is 61.8 Å². The molecule has 0 aromatic heterocycles. The molecule has 0 aliphatic heterocycles. The number of halogens is 1. The fraction of sp³-hybridized carbons (Fsp3) is 0.875. The molecule has 2 bridgehead atoms. The lowest BCUT2D eigenvalue weighted by atomic mass is 9.30. The fourth-order valence-electron chi connectivity index (χ4n) is 6.30. The van der Waals surface area contributed by atoms with Crippen LogP contribution in [0.5, 0.6) is 0 Å². The van der Waals surface area contributed by atoms with Gasteiger partial charge in [-0.1, -0.05) is 0 Å². The summed E-state index contributed by atoms with van der Waals surface area (Å²) in [5.74, 6) is 1.45. The van der Waals surface area contributed by atoms with E-state index in [2.05, 4.69) is 0 Å². The van der Waals surface area contributed by atoms with E-state index in [4.69, 9.17) is 14.2 Å². The van der Waals surface area contributed by atoms with E-state index in [1.54, 1.807) is 0 Å². The molecule has 0 N–H and O–H groups in total. The highest BCUT2D eigenvalue weighted by atomic mass is 127. The van der Waals surface area contributed by atoms with Gasteiger partial charge in [-0.2, -0.15) is 0 Å². The maximum atomic E-state index is 11.5. The van der Waals surface area contributed by atoms with Crippen molar-refractivity contribution in [3.63, 3.8) is 0 Å². The van der Waals surface area contributed by atoms with Crippen LogP contribution < -0.4 is 0 Å². The Labute approximate surface area is 143 Å². The zero-order valence-electron chi connectivity index (χ0n) is 12.7. The van der Waals surface area contributed by atoms with Crippen LogP contribution in [0.15, 0.2) is 0 Å². The van der Waals surface area contributed by atoms with E-state index in [0.717, 1.165) is 12.3 Å². The van der Waals surface area contributed by atoms with Crippen molar-refractivity contribution in [2.75, 3.05) is 17.8 Å². The van der Waals surface area contributed by atoms with Gasteiger partial charge >= 0.3 is 11.9 Å². The molecule has 0 saturated heterocycles. The number of alkyl halides is 1. The number of hydrogen-bond acceptors (Lipinski definition) is 5. The number of esters is 2. The molecule has 6 atom stereocenters. The molecule has 0 heterocycles. The summed E-state index contributed by atoms with van der Waals surface area (Å²) in [6, 6.07) is 0. The molecule has 4 aliphatic rings. The van der Waals surface area contributed by atoms with Crippen molar-refractivity contribution in [1.82, 2.24) is 0 Å². The predicted octanol–water partition coefficient (Wildman–Crippen LogP) is 2.31. The Balaban J connectivity index is 1.41. The summed E-state index contributed by atoms with van der Waals surface area (Å²) in [7, 11) is 0. The molecule has 4 fully saturated rings. The van der Waals surface area contributed by atoms with Crippen LogP contribution in [0.2, 0.25) is 0 Å². The van der Waals surface area contributed by atoms with Gasteiger partial charge in [0, 0.05) is 12.3 Å². The normalized spacial score (nSPS) is 46.5. The Hall–Kier alpha value is -0.370. The molecule has 0 radical (unpaired) electrons. The van der Waals surface area contributed by atoms with E-state index in [0.29, 0.717) is 28.5 Å². The smallest absolute Gasteiger partial charge is 0.332 e. The quantitative estimate of drug-likeness (QED) is 0.375. The third kappa shape index (κ3) is 1.79. The number of fused-ring (bicyclic) bond motifs is 1. The molecule has 1 spiro atoms. The van der Waals surface area contributed by atoms with E-state index in [-0.39, 0.29) is 30.1 Å². The monoisotopic (exact) mass is 420 g/mol. The van der Waals surface area contributed by atoms with Crippen LogP contribution in [0, 0.1) is 28.6 Å². The summed E-state index contributed by atoms with van der Waals surface area (Å²) in [4.78, 5) is 22.7. The first-order valence-electron chi connectivity index (χ1n) is 7.99. The second-order valence-corrected chi connectivity index (χ2v) is 8.04. The third-order valence-corrected chi connectivity index (χ3v) is 7.15. The van der Waals surface area contributed by atoms with Gasteiger partial charge in [-0.05, 0) is 71.4 Å². The minimum Gasteiger partial charge on any atom is -0.465 e. The zero-order valence-corrected chi connectivity index (χ0v) is 14.8. The third-order valence-electron chi connectivity index (χ3n) is 6.83. The maximum absolute atomic E-state index is 11.5. The lowest BCUT2D eigenvalue weighted by Crippen LogP contribution is -2.72. The van der Waals surface area contributed by atoms with Gasteiger partial charge in [0.05, 0.1) is 12.7 Å². The summed E-state index contributed by atoms with van der Waals surface area (Å²) in [6.45, 7) is 2.13. The highest BCUT2D eigenvalue weighted by Crippen LogP contribution is 2.87. The van der Waals surface area contributed by atoms with Gasteiger partial charge in [0.25, 0.3) is 0 Å². The van der Waals surface area contributed by atoms with Crippen LogP contribution in [0.25, 0.3) is 0 Å². The van der Waals surface area contributed by atoms with E-state index in [1.807, 2.05) is 22.6 Å². The molecule has 6 unspecified atom stereocenters. The van der Waals surface area contributed by atoms with Gasteiger partial charge in [-0.25, -0.2) is 4.79 Å². The highest BCUT2D eigenvalue weighted by Gasteiger charge is 2.83. The van der Waals surface area contributed by atoms with Gasteiger partial charge in [-0.15, -0.1) is 0 Å². The second-order valence-electron chi connectivity index (χ2n) is 7.41. The molecule has 4 aliphatic carbocycles. The molecule has 4 rings (SSSR count). The molecular weight excluding hydrogens is 399 g/mol. The lowest BCUT2D eigenvalue weighted by molar-refractivity contribution is -0.299. The van der Waals surface area contributed by atoms with E-state index < -0.39 is 0 Å². The predicted molar refractivity (Wildman–Crippen MR) is 85.2 cm³/mol. The average molecular weight is 420 g/mol. The Morgan fingerprint density at radius 3 is 2.77 bits per heavy atom. The van der Waals surface area contributed by atoms with Crippen LogP contribution in [0.1, 0.15) is 32.6 Å². The lowest BCUT2D eigenvalue weighted by Gasteiger charge is -2.74. The summed E-state index contributed by atoms with van der Waals surface area (Å²) in [6.07, 6.45) is 4.89. The Kier molecular flexibility index (Phi) is 3.49. The Morgan fingerprint density at radius 1 is 1.23 bits per heavy atom. The number of rotatable bonds is 6. The number of carbonyl (C=O) groups is 2. The van der Waals surface area contributed by atoms with Crippen LogP contribution in [0.3, 0.4) is 0 Å². The minimum absolute atomic E-state index is 0.0678. The van der Waals surface area contributed by atoms with Crippen LogP contribution in [0.4, 0.5) is 0 Å². The molecule has 0 amide bonds. The van der Waals surface area contributed by atoms with Crippen LogP contribution in [-0.2, 0) is 23.8 Å². The summed E-state index contributed by atoms with van der Waals surface area (Å²) >= 11 is 2.01. The molecule has 5 nitrogen and oxygen atoms in total. The van der Waals surface area contributed by atoms with Gasteiger partial charge in [0.15, 0.2) is 0 Å². The molecule has 122 valence electrons. The number of carbonyl (C=O) groups excluding carboxylic acids is 2. The van der Waals surface area contributed by atoms with E-state index in [1.165, 1.54) is 26.2 Å². The van der Waals surface area contributed by atoms with Crippen molar-refractivity contribution in [2.24, 2.45) is 28.6 Å². The van der Waals surface area contributed by atoms with E-state index >= 15 is 0 Å². The summed E-state index contributed by atoms with van der Waals surface area (Å²) in [5, 5.41) is 0. The van der Waals surface area contributed by atoms with E-state index in [9.17, 15) is 9.59 Å². The largest absolute Gasteiger partial charge is 0.465 e. The van der Waals surface area contributed by atoms with Gasteiger partial charge in [0.2, 0.25) is 0 Å². The second kappa shape index (κ2) is 5.06. The highest BCUT2D eigenvalue weighted by molar-refractivity contribution is 14.1. The first-order chi connectivity index (χ1) is 10.5. The molecule has 6 heteroatoms. The molecule has 22 heavy (non-hydrogen) atoms. The van der Waals surface area contributed by atoms with Crippen molar-refractivity contribution >= 4 is 34.5 Å². The molecule has 4 saturated carbocycles. The molecular formula is C16H21IO5. The number of ether oxygens (including phenoxy) is 3. The SMILES string of the molecule is CC(=O)OCC12CC3CC4CC31C(C2)C4OCC(=O)OCI. The van der Waals surface area contributed by atoms with Crippen LogP contribution in [-0.4, -0.2) is 35.9 Å². The van der Waals surface area contributed by atoms with Gasteiger partial charge in [0.1, 0.15) is 11.2 Å². The molecule has 0 aromatic rings. The Bertz CT molecular complexity index is 523. The van der Waals surface area contributed by atoms with Crippen molar-refractivity contribution in [1.29, 1.82) is 0 Å². The zero-order chi connectivity index (χ0) is 15.5. The fourth-order valence-corrected chi connectivity index (χ4v) is 6.64. The summed E-state index contributed by atoms with van der Waals surface area (Å²) < 4.78 is 16.6. The molecule has 0 aromatic carbocycles. The average Bonchev–Trinajstić information content (AvgIpc) is 2.94. The maximum Gasteiger partial charge on any atom is 0.332 e.